The number of carbonyl (C=O) groups excluding carboxylic acids is 1. The van der Waals surface area contributed by atoms with Gasteiger partial charge in [-0.1, -0.05) is 11.6 Å². The summed E-state index contributed by atoms with van der Waals surface area (Å²) in [5.41, 5.74) is 0.865. The van der Waals surface area contributed by atoms with Gasteiger partial charge >= 0.3 is 12.2 Å². The van der Waals surface area contributed by atoms with Gasteiger partial charge in [0.25, 0.3) is 5.91 Å². The molecule has 0 spiro atoms. The molecule has 2 heterocycles. The van der Waals surface area contributed by atoms with Gasteiger partial charge in [0.15, 0.2) is 0 Å². The number of halogens is 3. The van der Waals surface area contributed by atoms with Crippen LogP contribution < -0.4 is 4.74 Å². The lowest BCUT2D eigenvalue weighted by Gasteiger charge is -2.28. The number of ether oxygens (including phenoxy) is 1. The van der Waals surface area contributed by atoms with Crippen molar-refractivity contribution in [2.75, 3.05) is 13.2 Å². The maximum absolute atomic E-state index is 13.3. The summed E-state index contributed by atoms with van der Waals surface area (Å²) in [6.07, 6.45) is -3.22. The quantitative estimate of drug-likeness (QED) is 0.536. The van der Waals surface area contributed by atoms with Crippen molar-refractivity contribution in [2.24, 2.45) is 0 Å². The minimum atomic E-state index is -4.53. The van der Waals surface area contributed by atoms with Crippen molar-refractivity contribution in [1.29, 1.82) is 0 Å². The van der Waals surface area contributed by atoms with Crippen molar-refractivity contribution in [3.8, 4) is 17.5 Å². The molecule has 0 aliphatic heterocycles. The molecular formula is C21H22F3N5O3. The van der Waals surface area contributed by atoms with E-state index >= 15 is 0 Å². The van der Waals surface area contributed by atoms with Crippen molar-refractivity contribution in [3.63, 3.8) is 0 Å². The van der Waals surface area contributed by atoms with E-state index < -0.39 is 17.8 Å². The molecule has 3 rings (SSSR count). The zero-order chi connectivity index (χ0) is 23.5. The van der Waals surface area contributed by atoms with E-state index in [9.17, 15) is 18.0 Å². The fourth-order valence-electron chi connectivity index (χ4n) is 3.06. The average Bonchev–Trinajstić information content (AvgIpc) is 3.18. The molecule has 2 aromatic heterocycles. The Kier molecular flexibility index (Phi) is 6.75. The van der Waals surface area contributed by atoms with E-state index in [1.807, 2.05) is 19.9 Å². The van der Waals surface area contributed by atoms with E-state index in [2.05, 4.69) is 20.2 Å². The largest absolute Gasteiger partial charge is 0.461 e. The fourth-order valence-corrected chi connectivity index (χ4v) is 3.06. The van der Waals surface area contributed by atoms with Crippen LogP contribution in [0.2, 0.25) is 0 Å². The first-order chi connectivity index (χ1) is 15.1. The number of carbonyl (C=O) groups is 1. The Morgan fingerprint density at radius 1 is 1.19 bits per heavy atom. The van der Waals surface area contributed by atoms with Gasteiger partial charge in [0.1, 0.15) is 6.61 Å². The number of hydrogen-bond donors (Lipinski definition) is 0. The first-order valence-corrected chi connectivity index (χ1v) is 9.84. The van der Waals surface area contributed by atoms with Gasteiger partial charge in [-0.3, -0.25) is 4.79 Å². The van der Waals surface area contributed by atoms with E-state index in [0.29, 0.717) is 36.0 Å². The molecule has 0 bridgehead atoms. The summed E-state index contributed by atoms with van der Waals surface area (Å²) in [6.45, 7) is 7.48. The van der Waals surface area contributed by atoms with Crippen LogP contribution in [-0.4, -0.2) is 50.2 Å². The summed E-state index contributed by atoms with van der Waals surface area (Å²) < 4.78 is 48.8. The zero-order valence-corrected chi connectivity index (χ0v) is 18.0. The normalized spacial score (nSPS) is 12.5. The van der Waals surface area contributed by atoms with Crippen molar-refractivity contribution in [2.45, 2.75) is 39.9 Å². The van der Waals surface area contributed by atoms with Crippen LogP contribution in [0.5, 0.6) is 6.01 Å². The Bertz CT molecular complexity index is 1080. The molecule has 0 saturated heterocycles. The number of amides is 1. The van der Waals surface area contributed by atoms with Crippen LogP contribution in [0.15, 0.2) is 35.0 Å². The average molecular weight is 449 g/mol. The number of rotatable bonds is 7. The standard InChI is InChI=1S/C21H22F3N5O3/c1-5-29(13(3)11-31-20-25-9-15(10-26-20)21(22,23)24)19(30)16-7-6-12(2)8-17(16)18-28-27-14(4)32-18/h6-10,13H,5,11H2,1-4H3. The van der Waals surface area contributed by atoms with E-state index in [-0.39, 0.29) is 24.4 Å². The third-order valence-corrected chi connectivity index (χ3v) is 4.70. The van der Waals surface area contributed by atoms with Gasteiger partial charge in [0, 0.05) is 25.9 Å². The van der Waals surface area contributed by atoms with Crippen LogP contribution in [0.4, 0.5) is 13.2 Å². The highest BCUT2D eigenvalue weighted by molar-refractivity contribution is 6.00. The predicted molar refractivity (Wildman–Crippen MR) is 108 cm³/mol. The van der Waals surface area contributed by atoms with Crippen LogP contribution in [0.25, 0.3) is 11.5 Å². The Labute approximate surface area is 182 Å². The molecule has 0 radical (unpaired) electrons. The van der Waals surface area contributed by atoms with Gasteiger partial charge in [-0.2, -0.15) is 13.2 Å². The Morgan fingerprint density at radius 2 is 1.88 bits per heavy atom. The van der Waals surface area contributed by atoms with Crippen LogP contribution in [0.1, 0.15) is 41.2 Å². The second-order valence-corrected chi connectivity index (χ2v) is 7.18. The van der Waals surface area contributed by atoms with Crippen molar-refractivity contribution in [3.05, 3.63) is 53.2 Å². The molecular weight excluding hydrogens is 427 g/mol. The molecule has 0 N–H and O–H groups in total. The Hall–Kier alpha value is -3.50. The summed E-state index contributed by atoms with van der Waals surface area (Å²) in [5, 5.41) is 7.85. The summed E-state index contributed by atoms with van der Waals surface area (Å²) in [4.78, 5) is 22.1. The number of likely N-dealkylation sites (N-methyl/N-ethyl adjacent to an activating group) is 1. The maximum atomic E-state index is 13.3. The van der Waals surface area contributed by atoms with Crippen molar-refractivity contribution >= 4 is 5.91 Å². The van der Waals surface area contributed by atoms with Gasteiger partial charge < -0.3 is 14.1 Å². The fraction of sp³-hybridized carbons (Fsp3) is 0.381. The van der Waals surface area contributed by atoms with Crippen molar-refractivity contribution < 1.29 is 27.1 Å². The maximum Gasteiger partial charge on any atom is 0.419 e. The molecule has 1 aromatic carbocycles. The van der Waals surface area contributed by atoms with Crippen LogP contribution in [-0.2, 0) is 6.18 Å². The minimum absolute atomic E-state index is 0.00813. The summed E-state index contributed by atoms with van der Waals surface area (Å²) in [5.74, 6) is 0.348. The lowest BCUT2D eigenvalue weighted by molar-refractivity contribution is -0.138. The number of benzene rings is 1. The van der Waals surface area contributed by atoms with E-state index in [0.717, 1.165) is 5.56 Å². The number of alkyl halides is 3. The number of aromatic nitrogens is 4. The molecule has 1 atom stereocenters. The van der Waals surface area contributed by atoms with Gasteiger partial charge in [-0.15, -0.1) is 10.2 Å². The van der Waals surface area contributed by atoms with Gasteiger partial charge in [0.05, 0.1) is 22.7 Å². The smallest absolute Gasteiger partial charge is 0.419 e. The molecule has 11 heteroatoms. The molecule has 0 aliphatic rings. The summed E-state index contributed by atoms with van der Waals surface area (Å²) in [7, 11) is 0. The number of aryl methyl sites for hydroxylation is 2. The summed E-state index contributed by atoms with van der Waals surface area (Å²) >= 11 is 0. The summed E-state index contributed by atoms with van der Waals surface area (Å²) in [6, 6.07) is 4.68. The molecule has 8 nitrogen and oxygen atoms in total. The first-order valence-electron chi connectivity index (χ1n) is 9.84. The Morgan fingerprint density at radius 3 is 2.44 bits per heavy atom. The molecule has 32 heavy (non-hydrogen) atoms. The highest BCUT2D eigenvalue weighted by atomic mass is 19.4. The zero-order valence-electron chi connectivity index (χ0n) is 18.0. The Balaban J connectivity index is 1.76. The topological polar surface area (TPSA) is 94.2 Å². The van der Waals surface area contributed by atoms with Crippen LogP contribution in [0.3, 0.4) is 0 Å². The lowest BCUT2D eigenvalue weighted by atomic mass is 10.0. The van der Waals surface area contributed by atoms with Crippen molar-refractivity contribution in [1.82, 2.24) is 25.1 Å². The van der Waals surface area contributed by atoms with Crippen LogP contribution in [0, 0.1) is 13.8 Å². The number of hydrogen-bond acceptors (Lipinski definition) is 7. The van der Waals surface area contributed by atoms with Gasteiger partial charge in [0.2, 0.25) is 11.8 Å². The third-order valence-electron chi connectivity index (χ3n) is 4.70. The molecule has 1 unspecified atom stereocenters. The number of nitrogens with zero attached hydrogens (tertiary/aromatic N) is 5. The monoisotopic (exact) mass is 449 g/mol. The van der Waals surface area contributed by atoms with E-state index in [1.165, 1.54) is 0 Å². The first kappa shape index (κ1) is 23.2. The predicted octanol–water partition coefficient (Wildman–Crippen LogP) is 4.09. The van der Waals surface area contributed by atoms with Crippen LogP contribution >= 0.6 is 0 Å². The molecule has 0 saturated carbocycles. The molecule has 0 fully saturated rings. The molecule has 1 amide bonds. The van der Waals surface area contributed by atoms with E-state index in [4.69, 9.17) is 9.15 Å². The lowest BCUT2D eigenvalue weighted by Crippen LogP contribution is -2.42. The highest BCUT2D eigenvalue weighted by Gasteiger charge is 2.31. The molecule has 0 aliphatic carbocycles. The molecule has 170 valence electrons. The second kappa shape index (κ2) is 9.33. The third kappa shape index (κ3) is 5.21. The molecule has 3 aromatic rings. The SMILES string of the molecule is CCN(C(=O)c1ccc(C)cc1-c1nnc(C)o1)C(C)COc1ncc(C(F)(F)F)cn1. The highest BCUT2D eigenvalue weighted by Crippen LogP contribution is 2.28. The van der Waals surface area contributed by atoms with Gasteiger partial charge in [-0.05, 0) is 32.9 Å². The minimum Gasteiger partial charge on any atom is -0.461 e. The van der Waals surface area contributed by atoms with E-state index in [1.54, 1.807) is 30.9 Å². The van der Waals surface area contributed by atoms with Gasteiger partial charge in [-0.25, -0.2) is 9.97 Å². The second-order valence-electron chi connectivity index (χ2n) is 7.18.